The van der Waals surface area contributed by atoms with E-state index < -0.39 is 0 Å². The zero-order valence-corrected chi connectivity index (χ0v) is 13.1. The third-order valence-corrected chi connectivity index (χ3v) is 3.71. The molecular formula is C16H17Cl2NO. The van der Waals surface area contributed by atoms with E-state index in [-0.39, 0.29) is 0 Å². The van der Waals surface area contributed by atoms with Gasteiger partial charge in [0.05, 0.1) is 16.7 Å². The predicted molar refractivity (Wildman–Crippen MR) is 86.1 cm³/mol. The van der Waals surface area contributed by atoms with Gasteiger partial charge in [0.25, 0.3) is 0 Å². The molecule has 2 nitrogen and oxygen atoms in total. The van der Waals surface area contributed by atoms with Gasteiger partial charge >= 0.3 is 0 Å². The number of hydrogen-bond donors (Lipinski definition) is 1. The molecule has 0 unspecified atom stereocenters. The van der Waals surface area contributed by atoms with Crippen LogP contribution < -0.4 is 10.1 Å². The lowest BCUT2D eigenvalue weighted by atomic mass is 10.1. The van der Waals surface area contributed by atoms with E-state index in [2.05, 4.69) is 12.2 Å². The highest BCUT2D eigenvalue weighted by molar-refractivity contribution is 6.42. The summed E-state index contributed by atoms with van der Waals surface area (Å²) in [6, 6.07) is 11.7. The van der Waals surface area contributed by atoms with Gasteiger partial charge < -0.3 is 10.1 Å². The maximum Gasteiger partial charge on any atom is 0.119 e. The van der Waals surface area contributed by atoms with Crippen molar-refractivity contribution in [2.24, 2.45) is 0 Å². The van der Waals surface area contributed by atoms with Crippen LogP contribution in [0.5, 0.6) is 5.75 Å². The maximum absolute atomic E-state index is 6.01. The van der Waals surface area contributed by atoms with Crippen molar-refractivity contribution in [1.29, 1.82) is 0 Å². The van der Waals surface area contributed by atoms with Gasteiger partial charge in [-0.05, 0) is 55.3 Å². The highest BCUT2D eigenvalue weighted by Gasteiger charge is 2.03. The summed E-state index contributed by atoms with van der Waals surface area (Å²) in [5.74, 6) is 0.894. The quantitative estimate of drug-likeness (QED) is 0.807. The number of rotatable bonds is 5. The summed E-state index contributed by atoms with van der Waals surface area (Å²) in [5, 5.41) is 4.54. The van der Waals surface area contributed by atoms with Crippen molar-refractivity contribution >= 4 is 28.9 Å². The lowest BCUT2D eigenvalue weighted by Gasteiger charge is -2.12. The standard InChI is InChI=1S/C16H17Cl2NO/c1-3-20-13-5-7-16(11(2)8-13)19-10-12-4-6-14(17)15(18)9-12/h4-9,19H,3,10H2,1-2H3. The van der Waals surface area contributed by atoms with Gasteiger partial charge in [-0.1, -0.05) is 29.3 Å². The van der Waals surface area contributed by atoms with Crippen LogP contribution in [-0.4, -0.2) is 6.61 Å². The fourth-order valence-electron chi connectivity index (χ4n) is 1.94. The molecule has 0 aromatic heterocycles. The van der Waals surface area contributed by atoms with E-state index in [0.717, 1.165) is 22.6 Å². The molecule has 1 N–H and O–H groups in total. The number of ether oxygens (including phenoxy) is 1. The predicted octanol–water partition coefficient (Wildman–Crippen LogP) is 5.31. The molecule has 0 heterocycles. The van der Waals surface area contributed by atoms with Crippen LogP contribution in [0.2, 0.25) is 10.0 Å². The SMILES string of the molecule is CCOc1ccc(NCc2ccc(Cl)c(Cl)c2)c(C)c1. The molecule has 0 saturated carbocycles. The van der Waals surface area contributed by atoms with Gasteiger partial charge in [0.2, 0.25) is 0 Å². The van der Waals surface area contributed by atoms with Crippen LogP contribution in [0.1, 0.15) is 18.1 Å². The Morgan fingerprint density at radius 3 is 2.50 bits per heavy atom. The van der Waals surface area contributed by atoms with E-state index in [4.69, 9.17) is 27.9 Å². The Labute approximate surface area is 129 Å². The summed E-state index contributed by atoms with van der Waals surface area (Å²) in [6.45, 7) is 5.41. The number of hydrogen-bond acceptors (Lipinski definition) is 2. The lowest BCUT2D eigenvalue weighted by Crippen LogP contribution is -2.01. The average Bonchev–Trinajstić information content (AvgIpc) is 2.42. The molecule has 2 aromatic carbocycles. The van der Waals surface area contributed by atoms with Gasteiger partial charge in [0.1, 0.15) is 5.75 Å². The summed E-state index contributed by atoms with van der Waals surface area (Å²) >= 11 is 11.9. The van der Waals surface area contributed by atoms with Gasteiger partial charge in [0, 0.05) is 12.2 Å². The minimum absolute atomic E-state index is 0.577. The Morgan fingerprint density at radius 2 is 1.85 bits per heavy atom. The fourth-order valence-corrected chi connectivity index (χ4v) is 2.26. The molecular weight excluding hydrogens is 293 g/mol. The first kappa shape index (κ1) is 15.0. The van der Waals surface area contributed by atoms with Crippen LogP contribution in [0.25, 0.3) is 0 Å². The third-order valence-electron chi connectivity index (χ3n) is 2.98. The van der Waals surface area contributed by atoms with Crippen molar-refractivity contribution in [1.82, 2.24) is 0 Å². The first-order valence-electron chi connectivity index (χ1n) is 6.51. The van der Waals surface area contributed by atoms with Crippen LogP contribution >= 0.6 is 23.2 Å². The van der Waals surface area contributed by atoms with Gasteiger partial charge in [-0.3, -0.25) is 0 Å². The minimum Gasteiger partial charge on any atom is -0.494 e. The number of anilines is 1. The molecule has 2 aromatic rings. The van der Waals surface area contributed by atoms with Crippen molar-refractivity contribution < 1.29 is 4.74 Å². The molecule has 0 atom stereocenters. The second-order valence-electron chi connectivity index (χ2n) is 4.51. The van der Waals surface area contributed by atoms with E-state index in [1.165, 1.54) is 0 Å². The summed E-state index contributed by atoms with van der Waals surface area (Å²) < 4.78 is 5.47. The number of halogens is 2. The molecule has 0 aliphatic rings. The van der Waals surface area contributed by atoms with Crippen LogP contribution in [0.3, 0.4) is 0 Å². The van der Waals surface area contributed by atoms with E-state index in [1.54, 1.807) is 0 Å². The Kier molecular flexibility index (Phi) is 5.16. The highest BCUT2D eigenvalue weighted by atomic mass is 35.5. The molecule has 0 bridgehead atoms. The molecule has 106 valence electrons. The van der Waals surface area contributed by atoms with E-state index in [1.807, 2.05) is 43.3 Å². The fraction of sp³-hybridized carbons (Fsp3) is 0.250. The second-order valence-corrected chi connectivity index (χ2v) is 5.33. The van der Waals surface area contributed by atoms with Crippen LogP contribution in [0, 0.1) is 6.92 Å². The summed E-state index contributed by atoms with van der Waals surface area (Å²) in [4.78, 5) is 0. The lowest BCUT2D eigenvalue weighted by molar-refractivity contribution is 0.340. The van der Waals surface area contributed by atoms with E-state index in [0.29, 0.717) is 23.2 Å². The maximum atomic E-state index is 6.01. The molecule has 0 amide bonds. The molecule has 0 spiro atoms. The average molecular weight is 310 g/mol. The van der Waals surface area contributed by atoms with Gasteiger partial charge in [-0.25, -0.2) is 0 Å². The number of aryl methyl sites for hydroxylation is 1. The van der Waals surface area contributed by atoms with Crippen molar-refractivity contribution in [2.45, 2.75) is 20.4 Å². The summed E-state index contributed by atoms with van der Waals surface area (Å²) in [7, 11) is 0. The first-order chi connectivity index (χ1) is 9.60. The number of nitrogens with one attached hydrogen (secondary N) is 1. The molecule has 0 aliphatic carbocycles. The Balaban J connectivity index is 2.05. The second kappa shape index (κ2) is 6.87. The topological polar surface area (TPSA) is 21.3 Å². The van der Waals surface area contributed by atoms with Crippen LogP contribution in [0.15, 0.2) is 36.4 Å². The molecule has 0 aliphatic heterocycles. The summed E-state index contributed by atoms with van der Waals surface area (Å²) in [6.07, 6.45) is 0. The minimum atomic E-state index is 0.577. The zero-order chi connectivity index (χ0) is 14.5. The largest absolute Gasteiger partial charge is 0.494 e. The van der Waals surface area contributed by atoms with Crippen molar-refractivity contribution in [2.75, 3.05) is 11.9 Å². The zero-order valence-electron chi connectivity index (χ0n) is 11.5. The molecule has 0 saturated heterocycles. The molecule has 2 rings (SSSR count). The van der Waals surface area contributed by atoms with E-state index in [9.17, 15) is 0 Å². The normalized spacial score (nSPS) is 10.4. The third kappa shape index (κ3) is 3.81. The van der Waals surface area contributed by atoms with E-state index >= 15 is 0 Å². The first-order valence-corrected chi connectivity index (χ1v) is 7.27. The van der Waals surface area contributed by atoms with Crippen LogP contribution in [0.4, 0.5) is 5.69 Å². The Hall–Kier alpha value is -1.38. The Bertz CT molecular complexity index is 599. The number of benzene rings is 2. The van der Waals surface area contributed by atoms with Crippen LogP contribution in [-0.2, 0) is 6.54 Å². The highest BCUT2D eigenvalue weighted by Crippen LogP contribution is 2.25. The Morgan fingerprint density at radius 1 is 1.05 bits per heavy atom. The van der Waals surface area contributed by atoms with Gasteiger partial charge in [-0.15, -0.1) is 0 Å². The monoisotopic (exact) mass is 309 g/mol. The molecule has 0 fully saturated rings. The van der Waals surface area contributed by atoms with Gasteiger partial charge in [-0.2, -0.15) is 0 Å². The molecule has 0 radical (unpaired) electrons. The molecule has 4 heteroatoms. The molecule has 20 heavy (non-hydrogen) atoms. The van der Waals surface area contributed by atoms with Gasteiger partial charge in [0.15, 0.2) is 0 Å². The van der Waals surface area contributed by atoms with Crippen molar-refractivity contribution in [3.8, 4) is 5.75 Å². The smallest absolute Gasteiger partial charge is 0.119 e. The van der Waals surface area contributed by atoms with Crippen molar-refractivity contribution in [3.05, 3.63) is 57.6 Å². The summed E-state index contributed by atoms with van der Waals surface area (Å²) in [5.41, 5.74) is 3.32. The van der Waals surface area contributed by atoms with Crippen molar-refractivity contribution in [3.63, 3.8) is 0 Å².